The number of aromatic nitrogens is 1. The van der Waals surface area contributed by atoms with E-state index in [9.17, 15) is 0 Å². The van der Waals surface area contributed by atoms with Gasteiger partial charge in [0.25, 0.3) is 0 Å². The predicted molar refractivity (Wildman–Crippen MR) is 61.2 cm³/mol. The molecule has 0 saturated carbocycles. The molecule has 1 heterocycles. The number of nitrogens with one attached hydrogen (secondary N) is 1. The van der Waals surface area contributed by atoms with Crippen molar-refractivity contribution in [2.45, 2.75) is 33.2 Å². The minimum absolute atomic E-state index is 0.826. The van der Waals surface area contributed by atoms with Crippen LogP contribution in [-0.2, 0) is 13.6 Å². The van der Waals surface area contributed by atoms with Gasteiger partial charge in [-0.05, 0) is 37.4 Å². The average Bonchev–Trinajstić information content (AvgIpc) is 2.51. The highest BCUT2D eigenvalue weighted by atomic mass is 15.0. The lowest BCUT2D eigenvalue weighted by molar-refractivity contribution is 0.523. The number of rotatable bonds is 6. The molecule has 2 nitrogen and oxygen atoms in total. The summed E-state index contributed by atoms with van der Waals surface area (Å²) < 4.78 is 2.16. The van der Waals surface area contributed by atoms with Crippen molar-refractivity contribution in [2.75, 3.05) is 6.54 Å². The summed E-state index contributed by atoms with van der Waals surface area (Å²) in [6.45, 7) is 6.67. The second-order valence-electron chi connectivity index (χ2n) is 4.32. The summed E-state index contributed by atoms with van der Waals surface area (Å²) in [6.07, 6.45) is 4.69. The Morgan fingerprint density at radius 2 is 2.21 bits per heavy atom. The zero-order valence-electron chi connectivity index (χ0n) is 9.59. The van der Waals surface area contributed by atoms with Gasteiger partial charge in [-0.1, -0.05) is 13.8 Å². The molecule has 0 saturated heterocycles. The molecule has 0 aliphatic rings. The molecule has 14 heavy (non-hydrogen) atoms. The number of aryl methyl sites for hydroxylation is 1. The Labute approximate surface area is 87.3 Å². The third-order valence-corrected chi connectivity index (χ3v) is 2.49. The van der Waals surface area contributed by atoms with Crippen molar-refractivity contribution in [3.63, 3.8) is 0 Å². The zero-order chi connectivity index (χ0) is 10.4. The van der Waals surface area contributed by atoms with Crippen LogP contribution in [0.4, 0.5) is 0 Å². The fourth-order valence-electron chi connectivity index (χ4n) is 1.53. The van der Waals surface area contributed by atoms with Gasteiger partial charge in [-0.25, -0.2) is 0 Å². The number of hydrogen-bond acceptors (Lipinski definition) is 1. The lowest BCUT2D eigenvalue weighted by Gasteiger charge is -2.07. The molecule has 0 atom stereocenters. The summed E-state index contributed by atoms with van der Waals surface area (Å²) in [5, 5.41) is 3.46. The predicted octanol–water partition coefficient (Wildman–Crippen LogP) is 2.55. The van der Waals surface area contributed by atoms with Crippen molar-refractivity contribution in [3.8, 4) is 0 Å². The molecule has 0 unspecified atom stereocenters. The number of nitrogens with zero attached hydrogens (tertiary/aromatic N) is 1. The molecule has 0 aliphatic heterocycles. The van der Waals surface area contributed by atoms with Crippen molar-refractivity contribution in [1.82, 2.24) is 9.88 Å². The molecule has 0 spiro atoms. The van der Waals surface area contributed by atoms with Crippen LogP contribution in [0, 0.1) is 5.92 Å². The highest BCUT2D eigenvalue weighted by Gasteiger charge is 1.96. The molecule has 0 bridgehead atoms. The molecule has 0 aliphatic carbocycles. The second kappa shape index (κ2) is 5.86. The Kier molecular flexibility index (Phi) is 4.74. The smallest absolute Gasteiger partial charge is 0.0359 e. The largest absolute Gasteiger partial charge is 0.353 e. The molecule has 0 radical (unpaired) electrons. The normalized spacial score (nSPS) is 11.1. The maximum absolute atomic E-state index is 3.46. The summed E-state index contributed by atoms with van der Waals surface area (Å²) >= 11 is 0. The summed E-state index contributed by atoms with van der Waals surface area (Å²) in [5.74, 6) is 0.826. The van der Waals surface area contributed by atoms with E-state index in [1.807, 2.05) is 0 Å². The van der Waals surface area contributed by atoms with E-state index in [1.54, 1.807) is 0 Å². The van der Waals surface area contributed by atoms with Crippen LogP contribution in [-0.4, -0.2) is 11.1 Å². The summed E-state index contributed by atoms with van der Waals surface area (Å²) in [7, 11) is 2.09. The Morgan fingerprint density at radius 1 is 1.43 bits per heavy atom. The minimum atomic E-state index is 0.826. The van der Waals surface area contributed by atoms with Crippen molar-refractivity contribution in [3.05, 3.63) is 24.0 Å². The van der Waals surface area contributed by atoms with Gasteiger partial charge in [0.1, 0.15) is 0 Å². The molecule has 1 aromatic heterocycles. The third-order valence-electron chi connectivity index (χ3n) is 2.49. The van der Waals surface area contributed by atoms with Crippen LogP contribution in [0.2, 0.25) is 0 Å². The Balaban J connectivity index is 2.08. The van der Waals surface area contributed by atoms with Crippen molar-refractivity contribution in [1.29, 1.82) is 0 Å². The SMILES string of the molecule is CC(C)CCCNCc1cccn1C. The fraction of sp³-hybridized carbons (Fsp3) is 0.667. The highest BCUT2D eigenvalue weighted by molar-refractivity contribution is 5.05. The Morgan fingerprint density at radius 3 is 2.79 bits per heavy atom. The van der Waals surface area contributed by atoms with Crippen LogP contribution in [0.5, 0.6) is 0 Å². The van der Waals surface area contributed by atoms with Crippen LogP contribution in [0.1, 0.15) is 32.4 Å². The van der Waals surface area contributed by atoms with Crippen LogP contribution in [0.25, 0.3) is 0 Å². The standard InChI is InChI=1S/C12H22N2/c1-11(2)6-4-8-13-10-12-7-5-9-14(12)3/h5,7,9,11,13H,4,6,8,10H2,1-3H3. The van der Waals surface area contributed by atoms with Crippen LogP contribution < -0.4 is 5.32 Å². The monoisotopic (exact) mass is 194 g/mol. The van der Waals surface area contributed by atoms with E-state index < -0.39 is 0 Å². The van der Waals surface area contributed by atoms with Crippen molar-refractivity contribution in [2.24, 2.45) is 13.0 Å². The van der Waals surface area contributed by atoms with E-state index in [0.29, 0.717) is 0 Å². The maximum Gasteiger partial charge on any atom is 0.0359 e. The van der Waals surface area contributed by atoms with E-state index in [4.69, 9.17) is 0 Å². The molecule has 80 valence electrons. The quantitative estimate of drug-likeness (QED) is 0.689. The van der Waals surface area contributed by atoms with Gasteiger partial charge < -0.3 is 9.88 Å². The van der Waals surface area contributed by atoms with E-state index >= 15 is 0 Å². The topological polar surface area (TPSA) is 17.0 Å². The minimum Gasteiger partial charge on any atom is -0.353 e. The first kappa shape index (κ1) is 11.3. The fourth-order valence-corrected chi connectivity index (χ4v) is 1.53. The van der Waals surface area contributed by atoms with Gasteiger partial charge in [0.15, 0.2) is 0 Å². The van der Waals surface area contributed by atoms with Gasteiger partial charge in [0, 0.05) is 25.5 Å². The molecule has 1 rings (SSSR count). The molecular weight excluding hydrogens is 172 g/mol. The Hall–Kier alpha value is -0.760. The molecule has 0 aromatic carbocycles. The van der Waals surface area contributed by atoms with Gasteiger partial charge in [0.2, 0.25) is 0 Å². The molecule has 0 amide bonds. The second-order valence-corrected chi connectivity index (χ2v) is 4.32. The lowest BCUT2D eigenvalue weighted by atomic mass is 10.1. The molecule has 2 heteroatoms. The van der Waals surface area contributed by atoms with E-state index in [-0.39, 0.29) is 0 Å². The molecular formula is C12H22N2. The summed E-state index contributed by atoms with van der Waals surface area (Å²) in [5.41, 5.74) is 1.36. The Bertz CT molecular complexity index is 251. The van der Waals surface area contributed by atoms with Gasteiger partial charge in [0.05, 0.1) is 0 Å². The molecule has 1 N–H and O–H groups in total. The highest BCUT2D eigenvalue weighted by Crippen LogP contribution is 2.02. The first-order chi connectivity index (χ1) is 6.70. The van der Waals surface area contributed by atoms with Crippen LogP contribution in [0.3, 0.4) is 0 Å². The van der Waals surface area contributed by atoms with Crippen molar-refractivity contribution < 1.29 is 0 Å². The first-order valence-corrected chi connectivity index (χ1v) is 5.51. The van der Waals surface area contributed by atoms with E-state index in [0.717, 1.165) is 19.0 Å². The summed E-state index contributed by atoms with van der Waals surface area (Å²) in [6, 6.07) is 4.25. The van der Waals surface area contributed by atoms with Crippen LogP contribution >= 0.6 is 0 Å². The average molecular weight is 194 g/mol. The van der Waals surface area contributed by atoms with E-state index in [2.05, 4.69) is 49.1 Å². The van der Waals surface area contributed by atoms with Gasteiger partial charge in [-0.15, -0.1) is 0 Å². The zero-order valence-corrected chi connectivity index (χ0v) is 9.59. The van der Waals surface area contributed by atoms with Gasteiger partial charge >= 0.3 is 0 Å². The molecule has 1 aromatic rings. The van der Waals surface area contributed by atoms with E-state index in [1.165, 1.54) is 18.5 Å². The molecule has 0 fully saturated rings. The third kappa shape index (κ3) is 3.97. The van der Waals surface area contributed by atoms with Gasteiger partial charge in [-0.3, -0.25) is 0 Å². The van der Waals surface area contributed by atoms with Crippen LogP contribution in [0.15, 0.2) is 18.3 Å². The number of hydrogen-bond donors (Lipinski definition) is 1. The maximum atomic E-state index is 3.46. The van der Waals surface area contributed by atoms with Crippen molar-refractivity contribution >= 4 is 0 Å². The lowest BCUT2D eigenvalue weighted by Crippen LogP contribution is -2.16. The summed E-state index contributed by atoms with van der Waals surface area (Å²) in [4.78, 5) is 0. The van der Waals surface area contributed by atoms with Gasteiger partial charge in [-0.2, -0.15) is 0 Å². The first-order valence-electron chi connectivity index (χ1n) is 5.51.